The molecule has 4 rings (SSSR count). The van der Waals surface area contributed by atoms with E-state index in [1.165, 1.54) is 30.3 Å². The zero-order chi connectivity index (χ0) is 22.2. The zero-order valence-electron chi connectivity index (χ0n) is 16.3. The predicted octanol–water partition coefficient (Wildman–Crippen LogP) is 3.88. The third-order valence-corrected chi connectivity index (χ3v) is 5.18. The van der Waals surface area contributed by atoms with E-state index >= 15 is 0 Å². The second-order valence-corrected chi connectivity index (χ2v) is 7.35. The number of non-ortho nitro benzene ring substituents is 1. The van der Waals surface area contributed by atoms with Gasteiger partial charge in [0.15, 0.2) is 11.3 Å². The summed E-state index contributed by atoms with van der Waals surface area (Å²) in [5, 5.41) is 14.8. The van der Waals surface area contributed by atoms with Gasteiger partial charge in [0, 0.05) is 36.9 Å². The van der Waals surface area contributed by atoms with Crippen LogP contribution in [0, 0.1) is 10.1 Å². The molecule has 3 aromatic rings. The van der Waals surface area contributed by atoms with Gasteiger partial charge in [0.1, 0.15) is 0 Å². The standard InChI is InChI=1S/C20H18F3N5O3/c21-20(22,23)17-12-16(13-4-6-15(7-5-13)28(30)31)24-18-10-14(25-27(17)18)11-19(29)26-8-2-1-3-9-26/h4-7,10,12H,1-3,8-9,11H2. The molecule has 11 heteroatoms. The molecule has 1 aromatic carbocycles. The van der Waals surface area contributed by atoms with Crippen LogP contribution < -0.4 is 0 Å². The van der Waals surface area contributed by atoms with Crippen LogP contribution in [0.5, 0.6) is 0 Å². The summed E-state index contributed by atoms with van der Waals surface area (Å²) in [5.41, 5.74) is -0.764. The minimum atomic E-state index is -4.71. The van der Waals surface area contributed by atoms with Crippen molar-refractivity contribution in [1.82, 2.24) is 19.5 Å². The third kappa shape index (κ3) is 4.35. The minimum Gasteiger partial charge on any atom is -0.342 e. The molecule has 1 aliphatic rings. The molecular weight excluding hydrogens is 415 g/mol. The number of likely N-dealkylation sites (tertiary alicyclic amines) is 1. The number of halogens is 3. The number of nitro benzene ring substituents is 1. The van der Waals surface area contributed by atoms with E-state index in [9.17, 15) is 28.1 Å². The molecule has 0 aliphatic carbocycles. The Bertz CT molecular complexity index is 1140. The highest BCUT2D eigenvalue weighted by Crippen LogP contribution is 2.32. The van der Waals surface area contributed by atoms with Crippen molar-refractivity contribution in [3.8, 4) is 11.3 Å². The Morgan fingerprint density at radius 2 is 1.77 bits per heavy atom. The molecule has 1 fully saturated rings. The Labute approximate surface area is 174 Å². The molecular formula is C20H18F3N5O3. The number of benzene rings is 1. The van der Waals surface area contributed by atoms with Crippen molar-refractivity contribution in [3.63, 3.8) is 0 Å². The lowest BCUT2D eigenvalue weighted by atomic mass is 10.1. The molecule has 0 N–H and O–H groups in total. The number of nitrogens with zero attached hydrogens (tertiary/aromatic N) is 5. The fourth-order valence-electron chi connectivity index (χ4n) is 3.62. The van der Waals surface area contributed by atoms with E-state index in [4.69, 9.17) is 0 Å². The first-order chi connectivity index (χ1) is 14.7. The van der Waals surface area contributed by atoms with Crippen LogP contribution in [-0.2, 0) is 17.4 Å². The lowest BCUT2D eigenvalue weighted by Gasteiger charge is -2.26. The van der Waals surface area contributed by atoms with Gasteiger partial charge in [-0.15, -0.1) is 0 Å². The zero-order valence-corrected chi connectivity index (χ0v) is 16.3. The van der Waals surface area contributed by atoms with Gasteiger partial charge in [-0.2, -0.15) is 18.3 Å². The second-order valence-electron chi connectivity index (χ2n) is 7.35. The highest BCUT2D eigenvalue weighted by atomic mass is 19.4. The van der Waals surface area contributed by atoms with Crippen LogP contribution in [0.1, 0.15) is 30.7 Å². The van der Waals surface area contributed by atoms with E-state index in [0.717, 1.165) is 25.3 Å². The number of carbonyl (C=O) groups excluding carboxylic acids is 1. The first-order valence-corrected chi connectivity index (χ1v) is 9.72. The van der Waals surface area contributed by atoms with Gasteiger partial charge in [0.2, 0.25) is 5.91 Å². The molecule has 0 unspecified atom stereocenters. The van der Waals surface area contributed by atoms with Gasteiger partial charge in [-0.25, -0.2) is 9.50 Å². The number of rotatable bonds is 4. The van der Waals surface area contributed by atoms with Crippen molar-refractivity contribution >= 4 is 17.2 Å². The maximum absolute atomic E-state index is 13.7. The maximum Gasteiger partial charge on any atom is 0.433 e. The first kappa shape index (κ1) is 20.8. The van der Waals surface area contributed by atoms with Gasteiger partial charge in [-0.1, -0.05) is 0 Å². The lowest BCUT2D eigenvalue weighted by molar-refractivity contribution is -0.384. The summed E-state index contributed by atoms with van der Waals surface area (Å²) >= 11 is 0. The van der Waals surface area contributed by atoms with Crippen LogP contribution >= 0.6 is 0 Å². The molecule has 1 saturated heterocycles. The molecule has 0 bridgehead atoms. The number of aromatic nitrogens is 3. The Morgan fingerprint density at radius 1 is 1.10 bits per heavy atom. The molecule has 2 aromatic heterocycles. The Kier molecular flexibility index (Phi) is 5.34. The first-order valence-electron chi connectivity index (χ1n) is 9.72. The van der Waals surface area contributed by atoms with E-state index in [-0.39, 0.29) is 35.1 Å². The average Bonchev–Trinajstić information content (AvgIpc) is 3.15. The van der Waals surface area contributed by atoms with E-state index in [1.807, 2.05) is 0 Å². The summed E-state index contributed by atoms with van der Waals surface area (Å²) < 4.78 is 41.8. The highest BCUT2D eigenvalue weighted by Gasteiger charge is 2.35. The second kappa shape index (κ2) is 7.97. The molecule has 0 atom stereocenters. The summed E-state index contributed by atoms with van der Waals surface area (Å²) in [6, 6.07) is 7.30. The van der Waals surface area contributed by atoms with Crippen LogP contribution in [0.15, 0.2) is 36.4 Å². The number of hydrogen-bond donors (Lipinski definition) is 0. The Balaban J connectivity index is 1.71. The number of hydrogen-bond acceptors (Lipinski definition) is 5. The number of nitro groups is 1. The quantitative estimate of drug-likeness (QED) is 0.460. The number of carbonyl (C=O) groups is 1. The molecule has 3 heterocycles. The van der Waals surface area contributed by atoms with E-state index in [2.05, 4.69) is 10.1 Å². The number of alkyl halides is 3. The fraction of sp³-hybridized carbons (Fsp3) is 0.350. The Morgan fingerprint density at radius 3 is 2.39 bits per heavy atom. The molecule has 31 heavy (non-hydrogen) atoms. The smallest absolute Gasteiger partial charge is 0.342 e. The van der Waals surface area contributed by atoms with Gasteiger partial charge in [-0.3, -0.25) is 14.9 Å². The van der Waals surface area contributed by atoms with Crippen LogP contribution in [-0.4, -0.2) is 43.4 Å². The van der Waals surface area contributed by atoms with Gasteiger partial charge < -0.3 is 4.90 Å². The van der Waals surface area contributed by atoms with Gasteiger partial charge in [-0.05, 0) is 37.5 Å². The van der Waals surface area contributed by atoms with Gasteiger partial charge in [0.25, 0.3) is 5.69 Å². The molecule has 0 spiro atoms. The summed E-state index contributed by atoms with van der Waals surface area (Å²) in [5.74, 6) is -0.174. The van der Waals surface area contributed by atoms with Crippen LogP contribution in [0.4, 0.5) is 18.9 Å². The largest absolute Gasteiger partial charge is 0.433 e. The SMILES string of the molecule is O=C(Cc1cc2nc(-c3ccc([N+](=O)[O-])cc3)cc(C(F)(F)F)n2n1)N1CCCCC1. The molecule has 0 radical (unpaired) electrons. The van der Waals surface area contributed by atoms with Crippen molar-refractivity contribution in [3.05, 3.63) is 57.9 Å². The van der Waals surface area contributed by atoms with Crippen LogP contribution in [0.2, 0.25) is 0 Å². The van der Waals surface area contributed by atoms with E-state index in [0.29, 0.717) is 23.2 Å². The predicted molar refractivity (Wildman–Crippen MR) is 104 cm³/mol. The van der Waals surface area contributed by atoms with E-state index < -0.39 is 16.8 Å². The van der Waals surface area contributed by atoms with Crippen molar-refractivity contribution in [2.75, 3.05) is 13.1 Å². The lowest BCUT2D eigenvalue weighted by Crippen LogP contribution is -2.36. The number of piperidine rings is 1. The average molecular weight is 433 g/mol. The molecule has 8 nitrogen and oxygen atoms in total. The van der Waals surface area contributed by atoms with Gasteiger partial charge in [0.05, 0.1) is 22.7 Å². The molecule has 1 aliphatic heterocycles. The molecule has 1 amide bonds. The number of amides is 1. The summed E-state index contributed by atoms with van der Waals surface area (Å²) in [7, 11) is 0. The third-order valence-electron chi connectivity index (χ3n) is 5.18. The molecule has 0 saturated carbocycles. The number of fused-ring (bicyclic) bond motifs is 1. The Hall–Kier alpha value is -3.50. The summed E-state index contributed by atoms with van der Waals surface area (Å²) in [6.07, 6.45) is -1.93. The fourth-order valence-corrected chi connectivity index (χ4v) is 3.62. The normalized spacial score (nSPS) is 14.7. The van der Waals surface area contributed by atoms with Gasteiger partial charge >= 0.3 is 6.18 Å². The van der Waals surface area contributed by atoms with Crippen LogP contribution in [0.3, 0.4) is 0 Å². The van der Waals surface area contributed by atoms with Crippen molar-refractivity contribution in [2.45, 2.75) is 31.9 Å². The molecule has 162 valence electrons. The minimum absolute atomic E-state index is 0.00327. The van der Waals surface area contributed by atoms with Crippen molar-refractivity contribution in [1.29, 1.82) is 0 Å². The van der Waals surface area contributed by atoms with E-state index in [1.54, 1.807) is 4.90 Å². The van der Waals surface area contributed by atoms with Crippen LogP contribution in [0.25, 0.3) is 16.9 Å². The topological polar surface area (TPSA) is 93.6 Å². The van der Waals surface area contributed by atoms with Crippen molar-refractivity contribution in [2.24, 2.45) is 0 Å². The maximum atomic E-state index is 13.7. The summed E-state index contributed by atoms with van der Waals surface area (Å²) in [6.45, 7) is 1.28. The van der Waals surface area contributed by atoms with Crippen molar-refractivity contribution < 1.29 is 22.9 Å². The summed E-state index contributed by atoms with van der Waals surface area (Å²) in [4.78, 5) is 28.6. The monoisotopic (exact) mass is 433 g/mol. The highest BCUT2D eigenvalue weighted by molar-refractivity contribution is 5.78.